The summed E-state index contributed by atoms with van der Waals surface area (Å²) in [5, 5.41) is 3.88. The van der Waals surface area contributed by atoms with E-state index >= 15 is 0 Å². The third-order valence-corrected chi connectivity index (χ3v) is 2.57. The van der Waals surface area contributed by atoms with E-state index in [-0.39, 0.29) is 6.10 Å². The Kier molecular flexibility index (Phi) is 4.88. The summed E-state index contributed by atoms with van der Waals surface area (Å²) in [6.45, 7) is 3.61. The molecule has 1 rings (SSSR count). The van der Waals surface area contributed by atoms with Gasteiger partial charge in [-0.15, -0.1) is 0 Å². The number of nitrogens with one attached hydrogen (secondary N) is 1. The van der Waals surface area contributed by atoms with Gasteiger partial charge in [-0.1, -0.05) is 17.7 Å². The van der Waals surface area contributed by atoms with E-state index in [1.165, 1.54) is 0 Å². The van der Waals surface area contributed by atoms with Crippen LogP contribution in [-0.2, 0) is 11.3 Å². The Morgan fingerprint density at radius 3 is 2.87 bits per heavy atom. The summed E-state index contributed by atoms with van der Waals surface area (Å²) < 4.78 is 5.12. The largest absolute Gasteiger partial charge is 0.398 e. The molecule has 1 aromatic carbocycles. The molecule has 0 aliphatic rings. The summed E-state index contributed by atoms with van der Waals surface area (Å²) in [7, 11) is 1.70. The summed E-state index contributed by atoms with van der Waals surface area (Å²) in [5.74, 6) is 0. The molecule has 0 amide bonds. The molecule has 0 aliphatic heterocycles. The van der Waals surface area contributed by atoms with Crippen LogP contribution in [0.4, 0.5) is 5.69 Å². The highest BCUT2D eigenvalue weighted by molar-refractivity contribution is 6.33. The maximum atomic E-state index is 5.82. The Morgan fingerprint density at radius 2 is 2.27 bits per heavy atom. The van der Waals surface area contributed by atoms with E-state index in [9.17, 15) is 0 Å². The number of anilines is 1. The van der Waals surface area contributed by atoms with Crippen LogP contribution < -0.4 is 11.1 Å². The van der Waals surface area contributed by atoms with Gasteiger partial charge in [0, 0.05) is 20.2 Å². The van der Waals surface area contributed by atoms with E-state index in [1.54, 1.807) is 7.11 Å². The van der Waals surface area contributed by atoms with Gasteiger partial charge in [0.15, 0.2) is 0 Å². The Labute approximate surface area is 95.6 Å². The van der Waals surface area contributed by atoms with Gasteiger partial charge in [-0.05, 0) is 24.6 Å². The third-order valence-electron chi connectivity index (χ3n) is 2.22. The lowest BCUT2D eigenvalue weighted by Gasteiger charge is -2.11. The molecule has 3 N–H and O–H groups in total. The number of methoxy groups -OCH3 is 1. The number of ether oxygens (including phenoxy) is 1. The Morgan fingerprint density at radius 1 is 1.53 bits per heavy atom. The van der Waals surface area contributed by atoms with Crippen LogP contribution in [0.3, 0.4) is 0 Å². The van der Waals surface area contributed by atoms with Gasteiger partial charge in [0.2, 0.25) is 0 Å². The number of nitrogen functional groups attached to an aromatic ring is 1. The zero-order valence-electron chi connectivity index (χ0n) is 9.09. The lowest BCUT2D eigenvalue weighted by Crippen LogP contribution is -2.25. The minimum absolute atomic E-state index is 0.217. The van der Waals surface area contributed by atoms with Gasteiger partial charge in [-0.2, -0.15) is 0 Å². The molecule has 0 heterocycles. The number of halogens is 1. The van der Waals surface area contributed by atoms with Gasteiger partial charge in [-0.3, -0.25) is 0 Å². The molecular formula is C11H17ClN2O. The predicted molar refractivity (Wildman–Crippen MR) is 64.0 cm³/mol. The van der Waals surface area contributed by atoms with E-state index in [0.717, 1.165) is 18.7 Å². The molecule has 0 bridgehead atoms. The van der Waals surface area contributed by atoms with Gasteiger partial charge in [-0.25, -0.2) is 0 Å². The van der Waals surface area contributed by atoms with Crippen LogP contribution in [0.15, 0.2) is 18.2 Å². The Hall–Kier alpha value is -0.770. The maximum Gasteiger partial charge on any atom is 0.0667 e. The van der Waals surface area contributed by atoms with Crippen molar-refractivity contribution in [1.82, 2.24) is 5.32 Å². The molecule has 0 aromatic heterocycles. The molecule has 0 saturated heterocycles. The number of benzene rings is 1. The van der Waals surface area contributed by atoms with Crippen LogP contribution in [0, 0.1) is 0 Å². The minimum Gasteiger partial charge on any atom is -0.398 e. The van der Waals surface area contributed by atoms with Crippen LogP contribution in [-0.4, -0.2) is 19.8 Å². The fraction of sp³-hybridized carbons (Fsp3) is 0.455. The molecule has 0 radical (unpaired) electrons. The topological polar surface area (TPSA) is 47.3 Å². The first-order chi connectivity index (χ1) is 7.13. The molecule has 0 fully saturated rings. The molecule has 1 atom stereocenters. The minimum atomic E-state index is 0.217. The molecule has 0 saturated carbocycles. The summed E-state index contributed by atoms with van der Waals surface area (Å²) in [5.41, 5.74) is 7.44. The fourth-order valence-corrected chi connectivity index (χ4v) is 1.32. The molecule has 3 nitrogen and oxygen atoms in total. The Balaban J connectivity index is 2.41. The lowest BCUT2D eigenvalue weighted by atomic mass is 10.2. The van der Waals surface area contributed by atoms with Crippen molar-refractivity contribution in [3.05, 3.63) is 28.8 Å². The normalized spacial score (nSPS) is 12.7. The zero-order valence-corrected chi connectivity index (χ0v) is 9.84. The fourth-order valence-electron chi connectivity index (χ4n) is 1.21. The third kappa shape index (κ3) is 4.08. The van der Waals surface area contributed by atoms with E-state index in [1.807, 2.05) is 25.1 Å². The van der Waals surface area contributed by atoms with Gasteiger partial charge in [0.1, 0.15) is 0 Å². The first-order valence-electron chi connectivity index (χ1n) is 4.91. The highest BCUT2D eigenvalue weighted by atomic mass is 35.5. The first-order valence-corrected chi connectivity index (χ1v) is 5.28. The van der Waals surface area contributed by atoms with Gasteiger partial charge >= 0.3 is 0 Å². The molecule has 84 valence electrons. The predicted octanol–water partition coefficient (Wildman–Crippen LogP) is 2.05. The van der Waals surface area contributed by atoms with E-state index in [0.29, 0.717) is 10.7 Å². The first kappa shape index (κ1) is 12.3. The monoisotopic (exact) mass is 228 g/mol. The maximum absolute atomic E-state index is 5.82. The highest BCUT2D eigenvalue weighted by Crippen LogP contribution is 2.19. The second-order valence-electron chi connectivity index (χ2n) is 3.53. The second kappa shape index (κ2) is 5.95. The second-order valence-corrected chi connectivity index (χ2v) is 3.94. The number of nitrogens with two attached hydrogens (primary N) is 1. The van der Waals surface area contributed by atoms with Crippen molar-refractivity contribution < 1.29 is 4.74 Å². The molecule has 0 aliphatic carbocycles. The van der Waals surface area contributed by atoms with Crippen LogP contribution in [0.1, 0.15) is 12.5 Å². The van der Waals surface area contributed by atoms with Crippen LogP contribution in [0.25, 0.3) is 0 Å². The molecule has 1 aromatic rings. The van der Waals surface area contributed by atoms with E-state index in [4.69, 9.17) is 22.1 Å². The van der Waals surface area contributed by atoms with Crippen molar-refractivity contribution in [2.75, 3.05) is 19.4 Å². The van der Waals surface area contributed by atoms with E-state index < -0.39 is 0 Å². The number of rotatable bonds is 5. The van der Waals surface area contributed by atoms with Crippen LogP contribution in [0.5, 0.6) is 0 Å². The summed E-state index contributed by atoms with van der Waals surface area (Å²) in [6, 6.07) is 5.66. The van der Waals surface area contributed by atoms with Gasteiger partial charge in [0.05, 0.1) is 16.8 Å². The van der Waals surface area contributed by atoms with E-state index in [2.05, 4.69) is 5.32 Å². The van der Waals surface area contributed by atoms with Crippen LogP contribution in [0.2, 0.25) is 5.02 Å². The summed E-state index contributed by atoms with van der Waals surface area (Å²) >= 11 is 5.82. The molecule has 4 heteroatoms. The number of hydrogen-bond donors (Lipinski definition) is 2. The van der Waals surface area contributed by atoms with Crippen molar-refractivity contribution >= 4 is 17.3 Å². The Bertz CT molecular complexity index is 317. The standard InChI is InChI=1S/C11H17ClN2O/c1-8(15-2)6-14-7-9-3-4-10(12)11(13)5-9/h3-5,8,14H,6-7,13H2,1-2H3. The van der Waals surface area contributed by atoms with Crippen molar-refractivity contribution in [1.29, 1.82) is 0 Å². The highest BCUT2D eigenvalue weighted by Gasteiger charge is 2.00. The SMILES string of the molecule is COC(C)CNCc1ccc(Cl)c(N)c1. The van der Waals surface area contributed by atoms with Gasteiger partial charge < -0.3 is 15.8 Å². The van der Waals surface area contributed by atoms with Crippen LogP contribution >= 0.6 is 11.6 Å². The molecule has 0 spiro atoms. The molecule has 15 heavy (non-hydrogen) atoms. The number of hydrogen-bond acceptors (Lipinski definition) is 3. The van der Waals surface area contributed by atoms with Crippen molar-refractivity contribution in [2.45, 2.75) is 19.6 Å². The smallest absolute Gasteiger partial charge is 0.0667 e. The average molecular weight is 229 g/mol. The molecular weight excluding hydrogens is 212 g/mol. The molecule has 1 unspecified atom stereocenters. The van der Waals surface area contributed by atoms with Crippen molar-refractivity contribution in [3.63, 3.8) is 0 Å². The summed E-state index contributed by atoms with van der Waals surface area (Å²) in [4.78, 5) is 0. The average Bonchev–Trinajstić information content (AvgIpc) is 2.23. The van der Waals surface area contributed by atoms with Crippen molar-refractivity contribution in [2.24, 2.45) is 0 Å². The summed E-state index contributed by atoms with van der Waals surface area (Å²) in [6.07, 6.45) is 0.217. The van der Waals surface area contributed by atoms with Gasteiger partial charge in [0.25, 0.3) is 0 Å². The lowest BCUT2D eigenvalue weighted by molar-refractivity contribution is 0.117. The quantitative estimate of drug-likeness (QED) is 0.759. The van der Waals surface area contributed by atoms with Crippen molar-refractivity contribution in [3.8, 4) is 0 Å². The zero-order chi connectivity index (χ0) is 11.3.